The van der Waals surface area contributed by atoms with Gasteiger partial charge in [0.2, 0.25) is 5.78 Å². The van der Waals surface area contributed by atoms with Crippen LogP contribution in [-0.4, -0.2) is 22.7 Å². The van der Waals surface area contributed by atoms with Crippen molar-refractivity contribution in [1.82, 2.24) is 9.78 Å². The first-order chi connectivity index (χ1) is 13.2. The molecule has 0 aliphatic carbocycles. The van der Waals surface area contributed by atoms with E-state index in [4.69, 9.17) is 9.47 Å². The highest BCUT2D eigenvalue weighted by molar-refractivity contribution is 6.05. The van der Waals surface area contributed by atoms with Crippen LogP contribution in [0.2, 0.25) is 0 Å². The fourth-order valence-electron chi connectivity index (χ4n) is 2.74. The molecular formula is C22H22N2O3. The summed E-state index contributed by atoms with van der Waals surface area (Å²) in [6, 6.07) is 17.1. The van der Waals surface area contributed by atoms with Gasteiger partial charge >= 0.3 is 0 Å². The second kappa shape index (κ2) is 8.85. The molecule has 0 saturated heterocycles. The number of methoxy groups -OCH3 is 1. The summed E-state index contributed by atoms with van der Waals surface area (Å²) in [5.74, 6) is 1.47. The van der Waals surface area contributed by atoms with Crippen LogP contribution in [0.3, 0.4) is 0 Å². The third-order valence-corrected chi connectivity index (χ3v) is 4.14. The Hall–Kier alpha value is -3.34. The van der Waals surface area contributed by atoms with E-state index in [9.17, 15) is 4.79 Å². The number of nitrogens with zero attached hydrogens (tertiary/aromatic N) is 2. The quantitative estimate of drug-likeness (QED) is 0.441. The molecule has 27 heavy (non-hydrogen) atoms. The maximum atomic E-state index is 12.4. The highest BCUT2D eigenvalue weighted by Gasteiger charge is 2.08. The normalized spacial score (nSPS) is 10.9. The minimum absolute atomic E-state index is 0.0766. The first-order valence-corrected chi connectivity index (χ1v) is 8.80. The number of ether oxygens (including phenoxy) is 2. The number of carbonyl (C=O) groups excluding carboxylic acids is 1. The predicted molar refractivity (Wildman–Crippen MR) is 105 cm³/mol. The van der Waals surface area contributed by atoms with Crippen molar-refractivity contribution < 1.29 is 14.3 Å². The van der Waals surface area contributed by atoms with E-state index >= 15 is 0 Å². The average Bonchev–Trinajstić information content (AvgIpc) is 3.20. The van der Waals surface area contributed by atoms with Crippen LogP contribution in [0.15, 0.2) is 66.9 Å². The molecule has 5 heteroatoms. The SMILES string of the molecule is CCn1nccc1C(=O)/C=C/c1ccc(OC)c(COc2ccccc2)c1. The molecule has 0 N–H and O–H groups in total. The van der Waals surface area contributed by atoms with Gasteiger partial charge in [0, 0.05) is 18.3 Å². The lowest BCUT2D eigenvalue weighted by atomic mass is 10.1. The van der Waals surface area contributed by atoms with E-state index in [1.54, 1.807) is 36.2 Å². The number of para-hydroxylation sites is 1. The Morgan fingerprint density at radius 3 is 2.70 bits per heavy atom. The Kier molecular flexibility index (Phi) is 6.05. The molecule has 3 rings (SSSR count). The Balaban J connectivity index is 1.75. The molecular weight excluding hydrogens is 340 g/mol. The Bertz CT molecular complexity index is 930. The average molecular weight is 362 g/mol. The van der Waals surface area contributed by atoms with Crippen molar-refractivity contribution in [3.63, 3.8) is 0 Å². The van der Waals surface area contributed by atoms with Gasteiger partial charge in [0.25, 0.3) is 0 Å². The van der Waals surface area contributed by atoms with E-state index in [1.807, 2.05) is 55.5 Å². The number of allylic oxidation sites excluding steroid dienone is 1. The van der Waals surface area contributed by atoms with Crippen molar-refractivity contribution in [3.8, 4) is 11.5 Å². The molecule has 1 aromatic heterocycles. The van der Waals surface area contributed by atoms with Gasteiger partial charge in [-0.1, -0.05) is 30.3 Å². The second-order valence-electron chi connectivity index (χ2n) is 5.90. The number of carbonyl (C=O) groups is 1. The lowest BCUT2D eigenvalue weighted by molar-refractivity contribution is 0.103. The summed E-state index contributed by atoms with van der Waals surface area (Å²) in [6.07, 6.45) is 4.99. The van der Waals surface area contributed by atoms with Crippen LogP contribution >= 0.6 is 0 Å². The van der Waals surface area contributed by atoms with Crippen LogP contribution in [0.1, 0.15) is 28.5 Å². The van der Waals surface area contributed by atoms with Gasteiger partial charge in [-0.2, -0.15) is 5.10 Å². The Morgan fingerprint density at radius 2 is 1.96 bits per heavy atom. The van der Waals surface area contributed by atoms with Gasteiger partial charge in [-0.25, -0.2) is 0 Å². The number of aromatic nitrogens is 2. The van der Waals surface area contributed by atoms with Gasteiger partial charge in [-0.05, 0) is 48.9 Å². The van der Waals surface area contributed by atoms with Crippen LogP contribution in [0.4, 0.5) is 0 Å². The summed E-state index contributed by atoms with van der Waals surface area (Å²) in [6.45, 7) is 2.99. The van der Waals surface area contributed by atoms with Crippen molar-refractivity contribution in [3.05, 3.63) is 83.7 Å². The van der Waals surface area contributed by atoms with Crippen molar-refractivity contribution in [2.45, 2.75) is 20.1 Å². The van der Waals surface area contributed by atoms with E-state index in [-0.39, 0.29) is 5.78 Å². The molecule has 0 unspecified atom stereocenters. The molecule has 1 heterocycles. The van der Waals surface area contributed by atoms with Crippen LogP contribution in [-0.2, 0) is 13.2 Å². The van der Waals surface area contributed by atoms with Crippen molar-refractivity contribution in [2.75, 3.05) is 7.11 Å². The largest absolute Gasteiger partial charge is 0.496 e. The number of hydrogen-bond donors (Lipinski definition) is 0. The molecule has 0 bridgehead atoms. The van der Waals surface area contributed by atoms with Crippen molar-refractivity contribution >= 4 is 11.9 Å². The predicted octanol–water partition coefficient (Wildman–Crippen LogP) is 4.39. The monoisotopic (exact) mass is 362 g/mol. The van der Waals surface area contributed by atoms with Crippen molar-refractivity contribution in [1.29, 1.82) is 0 Å². The number of ketones is 1. The zero-order chi connectivity index (χ0) is 19.1. The zero-order valence-electron chi connectivity index (χ0n) is 15.5. The lowest BCUT2D eigenvalue weighted by Crippen LogP contribution is -2.07. The third-order valence-electron chi connectivity index (χ3n) is 4.14. The first-order valence-electron chi connectivity index (χ1n) is 8.80. The topological polar surface area (TPSA) is 53.4 Å². The highest BCUT2D eigenvalue weighted by atomic mass is 16.5. The van der Waals surface area contributed by atoms with E-state index in [1.165, 1.54) is 0 Å². The fourth-order valence-corrected chi connectivity index (χ4v) is 2.74. The lowest BCUT2D eigenvalue weighted by Gasteiger charge is -2.11. The van der Waals surface area contributed by atoms with Gasteiger partial charge in [-0.3, -0.25) is 9.48 Å². The molecule has 0 amide bonds. The summed E-state index contributed by atoms with van der Waals surface area (Å²) in [4.78, 5) is 12.4. The van der Waals surface area contributed by atoms with E-state index < -0.39 is 0 Å². The van der Waals surface area contributed by atoms with E-state index in [0.717, 1.165) is 22.6 Å². The third kappa shape index (κ3) is 4.64. The molecule has 5 nitrogen and oxygen atoms in total. The minimum Gasteiger partial charge on any atom is -0.496 e. The van der Waals surface area contributed by atoms with Gasteiger partial charge < -0.3 is 9.47 Å². The van der Waals surface area contributed by atoms with E-state index in [2.05, 4.69) is 5.10 Å². The van der Waals surface area contributed by atoms with Crippen LogP contribution < -0.4 is 9.47 Å². The van der Waals surface area contributed by atoms with E-state index in [0.29, 0.717) is 18.8 Å². The van der Waals surface area contributed by atoms with Crippen LogP contribution in [0.5, 0.6) is 11.5 Å². The fraction of sp³-hybridized carbons (Fsp3) is 0.182. The first kappa shape index (κ1) is 18.5. The maximum Gasteiger partial charge on any atom is 0.203 e. The molecule has 0 aliphatic heterocycles. The number of aryl methyl sites for hydroxylation is 1. The van der Waals surface area contributed by atoms with Gasteiger partial charge in [0.15, 0.2) is 0 Å². The molecule has 0 aliphatic rings. The molecule has 0 radical (unpaired) electrons. The molecule has 138 valence electrons. The van der Waals surface area contributed by atoms with Crippen LogP contribution in [0, 0.1) is 0 Å². The van der Waals surface area contributed by atoms with Gasteiger partial charge in [0.1, 0.15) is 23.8 Å². The van der Waals surface area contributed by atoms with Gasteiger partial charge in [-0.15, -0.1) is 0 Å². The highest BCUT2D eigenvalue weighted by Crippen LogP contribution is 2.23. The smallest absolute Gasteiger partial charge is 0.203 e. The van der Waals surface area contributed by atoms with Crippen LogP contribution in [0.25, 0.3) is 6.08 Å². The Labute approximate surface area is 158 Å². The summed E-state index contributed by atoms with van der Waals surface area (Å²) in [5.41, 5.74) is 2.39. The van der Waals surface area contributed by atoms with Gasteiger partial charge in [0.05, 0.1) is 7.11 Å². The Morgan fingerprint density at radius 1 is 1.15 bits per heavy atom. The summed E-state index contributed by atoms with van der Waals surface area (Å²) in [5, 5.41) is 4.13. The summed E-state index contributed by atoms with van der Waals surface area (Å²) < 4.78 is 12.9. The molecule has 0 spiro atoms. The minimum atomic E-state index is -0.0766. The molecule has 0 atom stereocenters. The molecule has 2 aromatic carbocycles. The standard InChI is InChI=1S/C22H22N2O3/c1-3-24-20(13-14-23-24)21(25)11-9-17-10-12-22(26-2)18(15-17)16-27-19-7-5-4-6-8-19/h4-15H,3,16H2,1-2H3/b11-9+. The molecule has 3 aromatic rings. The molecule has 0 saturated carbocycles. The van der Waals surface area contributed by atoms with Crippen molar-refractivity contribution in [2.24, 2.45) is 0 Å². The molecule has 0 fully saturated rings. The number of hydrogen-bond acceptors (Lipinski definition) is 4. The maximum absolute atomic E-state index is 12.4. The summed E-state index contributed by atoms with van der Waals surface area (Å²) >= 11 is 0. The number of benzene rings is 2. The summed E-state index contributed by atoms with van der Waals surface area (Å²) in [7, 11) is 1.63. The zero-order valence-corrected chi connectivity index (χ0v) is 15.5. The second-order valence-corrected chi connectivity index (χ2v) is 5.90. The number of rotatable bonds is 8.